The molecular formula is C21H25NO2S. The molecular weight excluding hydrogens is 330 g/mol. The van der Waals surface area contributed by atoms with Crippen LogP contribution in [0.1, 0.15) is 37.3 Å². The molecule has 0 spiro atoms. The van der Waals surface area contributed by atoms with Crippen LogP contribution in [0.3, 0.4) is 0 Å². The zero-order valence-electron chi connectivity index (χ0n) is 15.1. The maximum Gasteiger partial charge on any atom is 0.229 e. The van der Waals surface area contributed by atoms with Crippen LogP contribution in [0, 0.1) is 5.41 Å². The zero-order chi connectivity index (χ0) is 17.9. The van der Waals surface area contributed by atoms with Crippen molar-refractivity contribution in [2.75, 3.05) is 12.3 Å². The van der Waals surface area contributed by atoms with Gasteiger partial charge < -0.3 is 9.64 Å². The fourth-order valence-electron chi connectivity index (χ4n) is 2.92. The number of carbonyl (C=O) groups excluding carboxylic acids is 1. The van der Waals surface area contributed by atoms with Crippen molar-refractivity contribution in [3.63, 3.8) is 0 Å². The highest BCUT2D eigenvalue weighted by Crippen LogP contribution is 2.43. The van der Waals surface area contributed by atoms with Gasteiger partial charge in [0.1, 0.15) is 17.7 Å². The van der Waals surface area contributed by atoms with Crippen molar-refractivity contribution in [1.82, 2.24) is 4.90 Å². The van der Waals surface area contributed by atoms with Gasteiger partial charge in [-0.15, -0.1) is 11.8 Å². The van der Waals surface area contributed by atoms with E-state index in [0.29, 0.717) is 6.61 Å². The lowest BCUT2D eigenvalue weighted by molar-refractivity contribution is -0.139. The molecule has 0 radical (unpaired) electrons. The molecule has 1 atom stereocenters. The molecule has 1 aliphatic heterocycles. The van der Waals surface area contributed by atoms with E-state index in [4.69, 9.17) is 4.74 Å². The molecule has 1 heterocycles. The Hall–Kier alpha value is -1.94. The van der Waals surface area contributed by atoms with Gasteiger partial charge in [0, 0.05) is 23.3 Å². The van der Waals surface area contributed by atoms with E-state index in [-0.39, 0.29) is 16.7 Å². The topological polar surface area (TPSA) is 29.5 Å². The largest absolute Gasteiger partial charge is 0.489 e. The highest BCUT2D eigenvalue weighted by atomic mass is 32.2. The molecule has 1 aliphatic rings. The van der Waals surface area contributed by atoms with Gasteiger partial charge in [0.15, 0.2) is 0 Å². The number of ether oxygens (including phenoxy) is 1. The van der Waals surface area contributed by atoms with Crippen LogP contribution in [0.15, 0.2) is 54.6 Å². The van der Waals surface area contributed by atoms with Crippen LogP contribution in [0.25, 0.3) is 0 Å². The molecule has 132 valence electrons. The number of hydrogen-bond donors (Lipinski definition) is 0. The molecule has 2 aromatic rings. The van der Waals surface area contributed by atoms with Crippen molar-refractivity contribution < 1.29 is 9.53 Å². The summed E-state index contributed by atoms with van der Waals surface area (Å²) in [4.78, 5) is 14.8. The standard InChI is InChI=1S/C21H25NO2S/c1-21(2,3)20(23)22-13-14-25-19(22)17-11-7-8-12-18(17)24-15-16-9-5-4-6-10-16/h4-12,19H,13-15H2,1-3H3. The minimum absolute atomic E-state index is 0.0266. The van der Waals surface area contributed by atoms with Crippen LogP contribution in [0.2, 0.25) is 0 Å². The van der Waals surface area contributed by atoms with Gasteiger partial charge in [0.05, 0.1) is 0 Å². The van der Waals surface area contributed by atoms with Gasteiger partial charge in [0.25, 0.3) is 0 Å². The summed E-state index contributed by atoms with van der Waals surface area (Å²) >= 11 is 1.81. The van der Waals surface area contributed by atoms with E-state index in [1.165, 1.54) is 0 Å². The van der Waals surface area contributed by atoms with Gasteiger partial charge in [-0.05, 0) is 11.6 Å². The first-order chi connectivity index (χ1) is 12.0. The smallest absolute Gasteiger partial charge is 0.229 e. The first-order valence-corrected chi connectivity index (χ1v) is 9.70. The number of carbonyl (C=O) groups is 1. The van der Waals surface area contributed by atoms with Crippen LogP contribution in [-0.2, 0) is 11.4 Å². The van der Waals surface area contributed by atoms with Crippen LogP contribution in [0.4, 0.5) is 0 Å². The van der Waals surface area contributed by atoms with Gasteiger partial charge in [0.2, 0.25) is 5.91 Å². The molecule has 0 saturated carbocycles. The van der Waals surface area contributed by atoms with E-state index in [0.717, 1.165) is 29.2 Å². The lowest BCUT2D eigenvalue weighted by Gasteiger charge is -2.31. The predicted molar refractivity (Wildman–Crippen MR) is 104 cm³/mol. The molecule has 1 unspecified atom stereocenters. The molecule has 1 saturated heterocycles. The van der Waals surface area contributed by atoms with Crippen molar-refractivity contribution >= 4 is 17.7 Å². The van der Waals surface area contributed by atoms with Crippen molar-refractivity contribution in [1.29, 1.82) is 0 Å². The van der Waals surface area contributed by atoms with Crippen LogP contribution in [-0.4, -0.2) is 23.1 Å². The molecule has 1 amide bonds. The van der Waals surface area contributed by atoms with Gasteiger partial charge in [-0.25, -0.2) is 0 Å². The Balaban J connectivity index is 1.81. The average molecular weight is 356 g/mol. The van der Waals surface area contributed by atoms with Crippen molar-refractivity contribution in [2.24, 2.45) is 5.41 Å². The van der Waals surface area contributed by atoms with E-state index in [1.807, 2.05) is 73.8 Å². The Morgan fingerprint density at radius 2 is 1.80 bits per heavy atom. The van der Waals surface area contributed by atoms with Crippen LogP contribution >= 0.6 is 11.8 Å². The molecule has 0 N–H and O–H groups in total. The predicted octanol–water partition coefficient (Wildman–Crippen LogP) is 4.89. The molecule has 0 aromatic heterocycles. The Labute approximate surface area is 154 Å². The van der Waals surface area contributed by atoms with E-state index < -0.39 is 0 Å². The first-order valence-electron chi connectivity index (χ1n) is 8.65. The van der Waals surface area contributed by atoms with Gasteiger partial charge in [-0.3, -0.25) is 4.79 Å². The number of rotatable bonds is 4. The summed E-state index contributed by atoms with van der Waals surface area (Å²) in [5.74, 6) is 2.01. The minimum Gasteiger partial charge on any atom is -0.489 e. The normalized spacial score (nSPS) is 17.6. The monoisotopic (exact) mass is 355 g/mol. The lowest BCUT2D eigenvalue weighted by Crippen LogP contribution is -2.39. The number of benzene rings is 2. The minimum atomic E-state index is -0.372. The van der Waals surface area contributed by atoms with E-state index in [2.05, 4.69) is 18.2 Å². The van der Waals surface area contributed by atoms with Gasteiger partial charge in [-0.1, -0.05) is 69.3 Å². The number of hydrogen-bond acceptors (Lipinski definition) is 3. The second kappa shape index (κ2) is 7.52. The van der Waals surface area contributed by atoms with Crippen molar-refractivity contribution in [3.8, 4) is 5.75 Å². The fourth-order valence-corrected chi connectivity index (χ4v) is 4.20. The molecule has 2 aromatic carbocycles. The molecule has 3 nitrogen and oxygen atoms in total. The Bertz CT molecular complexity index is 724. The maximum absolute atomic E-state index is 12.8. The Morgan fingerprint density at radius 3 is 2.52 bits per heavy atom. The van der Waals surface area contributed by atoms with Gasteiger partial charge in [-0.2, -0.15) is 0 Å². The summed E-state index contributed by atoms with van der Waals surface area (Å²) in [6.07, 6.45) is 0. The number of nitrogens with zero attached hydrogens (tertiary/aromatic N) is 1. The molecule has 25 heavy (non-hydrogen) atoms. The van der Waals surface area contributed by atoms with Crippen molar-refractivity contribution in [2.45, 2.75) is 32.8 Å². The highest BCUT2D eigenvalue weighted by molar-refractivity contribution is 7.99. The second-order valence-electron chi connectivity index (χ2n) is 7.28. The molecule has 0 bridgehead atoms. The third kappa shape index (κ3) is 4.18. The van der Waals surface area contributed by atoms with Crippen molar-refractivity contribution in [3.05, 3.63) is 65.7 Å². The summed E-state index contributed by atoms with van der Waals surface area (Å²) in [6.45, 7) is 7.26. The highest BCUT2D eigenvalue weighted by Gasteiger charge is 2.37. The zero-order valence-corrected chi connectivity index (χ0v) is 15.9. The summed E-state index contributed by atoms with van der Waals surface area (Å²) in [7, 11) is 0. The fraction of sp³-hybridized carbons (Fsp3) is 0.381. The van der Waals surface area contributed by atoms with E-state index >= 15 is 0 Å². The summed E-state index contributed by atoms with van der Waals surface area (Å²) in [6, 6.07) is 18.2. The Morgan fingerprint density at radius 1 is 1.12 bits per heavy atom. The number of para-hydroxylation sites is 1. The van der Waals surface area contributed by atoms with E-state index in [1.54, 1.807) is 0 Å². The SMILES string of the molecule is CC(C)(C)C(=O)N1CCSC1c1ccccc1OCc1ccccc1. The summed E-state index contributed by atoms with van der Waals surface area (Å²) in [5.41, 5.74) is 1.85. The summed E-state index contributed by atoms with van der Waals surface area (Å²) in [5, 5.41) is 0.0266. The molecule has 1 fully saturated rings. The quantitative estimate of drug-likeness (QED) is 0.782. The first kappa shape index (κ1) is 17.9. The maximum atomic E-state index is 12.8. The average Bonchev–Trinajstić information content (AvgIpc) is 3.09. The van der Waals surface area contributed by atoms with Crippen LogP contribution < -0.4 is 4.74 Å². The second-order valence-corrected chi connectivity index (χ2v) is 8.47. The summed E-state index contributed by atoms with van der Waals surface area (Å²) < 4.78 is 6.10. The van der Waals surface area contributed by atoms with Gasteiger partial charge >= 0.3 is 0 Å². The number of thioether (sulfide) groups is 1. The molecule has 0 aliphatic carbocycles. The Kier molecular flexibility index (Phi) is 5.38. The third-order valence-electron chi connectivity index (χ3n) is 4.22. The van der Waals surface area contributed by atoms with E-state index in [9.17, 15) is 4.79 Å². The number of amides is 1. The van der Waals surface area contributed by atoms with Crippen LogP contribution in [0.5, 0.6) is 5.75 Å². The molecule has 4 heteroatoms. The lowest BCUT2D eigenvalue weighted by atomic mass is 9.94. The third-order valence-corrected chi connectivity index (χ3v) is 5.46. The molecule has 3 rings (SSSR count).